The minimum absolute atomic E-state index is 0.00564. The number of amides is 1. The van der Waals surface area contributed by atoms with Gasteiger partial charge in [-0.05, 0) is 60.4 Å². The van der Waals surface area contributed by atoms with Gasteiger partial charge in [-0.1, -0.05) is 36.4 Å². The molecule has 1 aliphatic carbocycles. The predicted octanol–water partition coefficient (Wildman–Crippen LogP) is 5.32. The number of alkyl halides is 1. The van der Waals surface area contributed by atoms with Crippen LogP contribution in [0.4, 0.5) is 10.1 Å². The van der Waals surface area contributed by atoms with Gasteiger partial charge < -0.3 is 10.1 Å². The summed E-state index contributed by atoms with van der Waals surface area (Å²) in [6, 6.07) is 17.2. The van der Waals surface area contributed by atoms with Crippen LogP contribution in [0.2, 0.25) is 0 Å². The first-order valence-corrected chi connectivity index (χ1v) is 9.40. The van der Waals surface area contributed by atoms with Crippen LogP contribution in [0.15, 0.2) is 54.6 Å². The van der Waals surface area contributed by atoms with Crippen molar-refractivity contribution in [3.05, 3.63) is 71.3 Å². The minimum atomic E-state index is -0.546. The van der Waals surface area contributed by atoms with Gasteiger partial charge in [-0.2, -0.15) is 0 Å². The Labute approximate surface area is 158 Å². The normalized spacial score (nSPS) is 13.2. The summed E-state index contributed by atoms with van der Waals surface area (Å²) in [4.78, 5) is 13.0. The summed E-state index contributed by atoms with van der Waals surface area (Å²) in [5.41, 5.74) is 4.08. The lowest BCUT2D eigenvalue weighted by molar-refractivity contribution is 0.102. The van der Waals surface area contributed by atoms with E-state index in [1.165, 1.54) is 17.5 Å². The lowest BCUT2D eigenvalue weighted by Gasteiger charge is -2.20. The average Bonchev–Trinajstić information content (AvgIpc) is 2.72. The zero-order chi connectivity index (χ0) is 18.6. The fourth-order valence-corrected chi connectivity index (χ4v) is 3.83. The second kappa shape index (κ2) is 7.78. The van der Waals surface area contributed by atoms with Crippen molar-refractivity contribution in [2.75, 3.05) is 18.6 Å². The zero-order valence-electron chi connectivity index (χ0n) is 15.1. The Morgan fingerprint density at radius 2 is 1.78 bits per heavy atom. The molecular formula is C23H22FNO2. The van der Waals surface area contributed by atoms with Gasteiger partial charge in [0.05, 0.1) is 0 Å². The molecule has 0 radical (unpaired) electrons. The summed E-state index contributed by atoms with van der Waals surface area (Å²) < 4.78 is 18.0. The van der Waals surface area contributed by atoms with Gasteiger partial charge in [-0.3, -0.25) is 4.79 Å². The molecule has 0 atom stereocenters. The molecule has 1 aliphatic rings. The van der Waals surface area contributed by atoms with Crippen LogP contribution in [0.5, 0.6) is 5.75 Å². The number of carbonyl (C=O) groups is 1. The van der Waals surface area contributed by atoms with E-state index in [1.54, 1.807) is 12.1 Å². The highest BCUT2D eigenvalue weighted by Gasteiger charge is 2.17. The topological polar surface area (TPSA) is 38.3 Å². The van der Waals surface area contributed by atoms with Gasteiger partial charge in [-0.15, -0.1) is 0 Å². The summed E-state index contributed by atoms with van der Waals surface area (Å²) in [5.74, 6) is 0.458. The van der Waals surface area contributed by atoms with Crippen molar-refractivity contribution in [2.24, 2.45) is 0 Å². The van der Waals surface area contributed by atoms with Crippen molar-refractivity contribution < 1.29 is 13.9 Å². The van der Waals surface area contributed by atoms with Crippen LogP contribution in [0.1, 0.15) is 34.3 Å². The van der Waals surface area contributed by atoms with Crippen LogP contribution < -0.4 is 10.1 Å². The number of hydrogen-bond donors (Lipinski definition) is 1. The first kappa shape index (κ1) is 17.5. The molecule has 4 heteroatoms. The van der Waals surface area contributed by atoms with Gasteiger partial charge in [0.15, 0.2) is 0 Å². The van der Waals surface area contributed by atoms with E-state index in [4.69, 9.17) is 4.74 Å². The third-order valence-electron chi connectivity index (χ3n) is 5.11. The van der Waals surface area contributed by atoms with Gasteiger partial charge in [0, 0.05) is 16.6 Å². The van der Waals surface area contributed by atoms with E-state index >= 15 is 0 Å². The zero-order valence-corrected chi connectivity index (χ0v) is 15.1. The maximum atomic E-state index is 13.0. The predicted molar refractivity (Wildman–Crippen MR) is 106 cm³/mol. The molecule has 1 amide bonds. The van der Waals surface area contributed by atoms with E-state index in [-0.39, 0.29) is 12.5 Å². The number of fused-ring (bicyclic) bond motifs is 2. The first-order valence-electron chi connectivity index (χ1n) is 9.40. The SMILES string of the molecule is O=C(Nc1cccc2c1CCCC2)c1ccc(OCCF)c2ccccc12. The fourth-order valence-electron chi connectivity index (χ4n) is 3.83. The van der Waals surface area contributed by atoms with Crippen LogP contribution in [0.25, 0.3) is 10.8 Å². The molecule has 27 heavy (non-hydrogen) atoms. The number of ether oxygens (including phenoxy) is 1. The van der Waals surface area contributed by atoms with Crippen molar-refractivity contribution in [3.63, 3.8) is 0 Å². The number of carbonyl (C=O) groups excluding carboxylic acids is 1. The number of benzene rings is 3. The third kappa shape index (κ3) is 3.52. The number of anilines is 1. The van der Waals surface area contributed by atoms with Crippen molar-refractivity contribution in [1.82, 2.24) is 0 Å². The largest absolute Gasteiger partial charge is 0.490 e. The summed E-state index contributed by atoms with van der Waals surface area (Å²) in [6.07, 6.45) is 4.43. The fraction of sp³-hybridized carbons (Fsp3) is 0.261. The second-order valence-corrected chi connectivity index (χ2v) is 6.80. The highest BCUT2D eigenvalue weighted by atomic mass is 19.1. The molecule has 0 fully saturated rings. The van der Waals surface area contributed by atoms with E-state index in [2.05, 4.69) is 11.4 Å². The van der Waals surface area contributed by atoms with Crippen LogP contribution in [-0.4, -0.2) is 19.2 Å². The Bertz CT molecular complexity index is 983. The lowest BCUT2D eigenvalue weighted by Crippen LogP contribution is -2.16. The number of aryl methyl sites for hydroxylation is 1. The standard InChI is InChI=1S/C23H22FNO2/c24-14-15-27-22-13-12-20(18-9-3-4-10-19(18)22)23(26)25-21-11-5-7-16-6-1-2-8-17(16)21/h3-5,7,9-13H,1-2,6,8,14-15H2,(H,25,26). The molecule has 0 heterocycles. The molecule has 4 rings (SSSR count). The molecule has 3 aromatic carbocycles. The van der Waals surface area contributed by atoms with Crippen LogP contribution in [0, 0.1) is 0 Å². The summed E-state index contributed by atoms with van der Waals surface area (Å²) in [7, 11) is 0. The molecule has 0 unspecified atom stereocenters. The van der Waals surface area contributed by atoms with Gasteiger partial charge >= 0.3 is 0 Å². The van der Waals surface area contributed by atoms with Gasteiger partial charge in [0.1, 0.15) is 19.0 Å². The van der Waals surface area contributed by atoms with Gasteiger partial charge in [-0.25, -0.2) is 4.39 Å². The molecule has 138 valence electrons. The Hall–Kier alpha value is -2.88. The van der Waals surface area contributed by atoms with Crippen LogP contribution in [-0.2, 0) is 12.8 Å². The summed E-state index contributed by atoms with van der Waals surface area (Å²) in [5, 5.41) is 4.72. The Kier molecular flexibility index (Phi) is 5.05. The highest BCUT2D eigenvalue weighted by molar-refractivity contribution is 6.14. The van der Waals surface area contributed by atoms with E-state index < -0.39 is 6.67 Å². The minimum Gasteiger partial charge on any atom is -0.490 e. The highest BCUT2D eigenvalue weighted by Crippen LogP contribution is 2.31. The monoisotopic (exact) mass is 363 g/mol. The second-order valence-electron chi connectivity index (χ2n) is 6.80. The van der Waals surface area contributed by atoms with Crippen molar-refractivity contribution >= 4 is 22.4 Å². The number of rotatable bonds is 5. The van der Waals surface area contributed by atoms with E-state index in [0.29, 0.717) is 11.3 Å². The van der Waals surface area contributed by atoms with Crippen molar-refractivity contribution in [3.8, 4) is 5.75 Å². The molecule has 0 bridgehead atoms. The molecule has 0 aliphatic heterocycles. The molecule has 3 aromatic rings. The Balaban J connectivity index is 1.68. The smallest absolute Gasteiger partial charge is 0.256 e. The molecule has 0 aromatic heterocycles. The number of nitrogens with one attached hydrogen (secondary N) is 1. The molecule has 1 N–H and O–H groups in total. The van der Waals surface area contributed by atoms with Crippen molar-refractivity contribution in [2.45, 2.75) is 25.7 Å². The number of halogens is 1. The van der Waals surface area contributed by atoms with Gasteiger partial charge in [0.25, 0.3) is 5.91 Å². The number of hydrogen-bond acceptors (Lipinski definition) is 2. The Morgan fingerprint density at radius 3 is 2.63 bits per heavy atom. The maximum Gasteiger partial charge on any atom is 0.256 e. The average molecular weight is 363 g/mol. The Morgan fingerprint density at radius 1 is 0.963 bits per heavy atom. The molecule has 0 saturated heterocycles. The molecular weight excluding hydrogens is 341 g/mol. The van der Waals surface area contributed by atoms with E-state index in [1.807, 2.05) is 36.4 Å². The van der Waals surface area contributed by atoms with E-state index in [9.17, 15) is 9.18 Å². The summed E-state index contributed by atoms with van der Waals surface area (Å²) in [6.45, 7) is -0.540. The molecule has 0 saturated carbocycles. The summed E-state index contributed by atoms with van der Waals surface area (Å²) >= 11 is 0. The van der Waals surface area contributed by atoms with Crippen molar-refractivity contribution in [1.29, 1.82) is 0 Å². The maximum absolute atomic E-state index is 13.0. The van der Waals surface area contributed by atoms with Crippen LogP contribution in [0.3, 0.4) is 0 Å². The van der Waals surface area contributed by atoms with Crippen LogP contribution >= 0.6 is 0 Å². The molecule has 3 nitrogen and oxygen atoms in total. The van der Waals surface area contributed by atoms with Gasteiger partial charge in [0.2, 0.25) is 0 Å². The lowest BCUT2D eigenvalue weighted by atomic mass is 9.90. The quantitative estimate of drug-likeness (QED) is 0.666. The third-order valence-corrected chi connectivity index (χ3v) is 5.11. The molecule has 0 spiro atoms. The first-order chi connectivity index (χ1) is 13.3. The van der Waals surface area contributed by atoms with E-state index in [0.717, 1.165) is 35.7 Å².